The third-order valence-electron chi connectivity index (χ3n) is 3.16. The third kappa shape index (κ3) is 3.25. The van der Waals surface area contributed by atoms with Gasteiger partial charge in [-0.25, -0.2) is 4.79 Å². The maximum absolute atomic E-state index is 12.0. The van der Waals surface area contributed by atoms with Crippen molar-refractivity contribution in [2.75, 3.05) is 0 Å². The molecule has 0 fully saturated rings. The summed E-state index contributed by atoms with van der Waals surface area (Å²) in [5.41, 5.74) is 1.41. The van der Waals surface area contributed by atoms with Crippen molar-refractivity contribution in [3.05, 3.63) is 58.1 Å². The molecule has 1 aliphatic heterocycles. The van der Waals surface area contributed by atoms with Crippen LogP contribution in [-0.4, -0.2) is 11.8 Å². The minimum Gasteiger partial charge on any atom is -0.489 e. The molecule has 5 heteroatoms. The molecule has 1 aliphatic rings. The van der Waals surface area contributed by atoms with E-state index in [-0.39, 0.29) is 0 Å². The van der Waals surface area contributed by atoms with Crippen molar-refractivity contribution in [1.82, 2.24) is 0 Å². The van der Waals surface area contributed by atoms with Crippen LogP contribution in [0.25, 0.3) is 0 Å². The first-order valence-corrected chi connectivity index (χ1v) is 7.66. The number of ether oxygens (including phenoxy) is 3. The fourth-order valence-electron chi connectivity index (χ4n) is 2.20. The number of esters is 1. The summed E-state index contributed by atoms with van der Waals surface area (Å²) in [4.78, 5) is 12.0. The average molecular weight is 363 g/mol. The van der Waals surface area contributed by atoms with Gasteiger partial charge in [-0.05, 0) is 35.9 Å². The minimum atomic E-state index is -0.942. The van der Waals surface area contributed by atoms with Gasteiger partial charge in [-0.2, -0.15) is 0 Å². The molecular formula is C17H15BrO4. The molecule has 1 heterocycles. The molecule has 0 N–H and O–H groups in total. The topological polar surface area (TPSA) is 44.8 Å². The van der Waals surface area contributed by atoms with Gasteiger partial charge in [-0.15, -0.1) is 0 Å². The Labute approximate surface area is 137 Å². The Kier molecular flexibility index (Phi) is 3.83. The monoisotopic (exact) mass is 362 g/mol. The zero-order valence-corrected chi connectivity index (χ0v) is 13.8. The first kappa shape index (κ1) is 14.9. The summed E-state index contributed by atoms with van der Waals surface area (Å²) in [7, 11) is 0. The van der Waals surface area contributed by atoms with Crippen molar-refractivity contribution in [2.45, 2.75) is 26.2 Å². The van der Waals surface area contributed by atoms with Crippen LogP contribution >= 0.6 is 15.9 Å². The lowest BCUT2D eigenvalue weighted by Gasteiger charge is -2.31. The number of cyclic esters (lactones) is 1. The van der Waals surface area contributed by atoms with E-state index in [2.05, 4.69) is 15.9 Å². The van der Waals surface area contributed by atoms with E-state index in [0.717, 1.165) is 10.0 Å². The highest BCUT2D eigenvalue weighted by Gasteiger charge is 2.33. The second-order valence-electron chi connectivity index (χ2n) is 5.47. The van der Waals surface area contributed by atoms with Gasteiger partial charge in [-0.1, -0.05) is 28.1 Å². The molecule has 0 aliphatic carbocycles. The molecule has 114 valence electrons. The van der Waals surface area contributed by atoms with E-state index in [4.69, 9.17) is 14.2 Å². The summed E-state index contributed by atoms with van der Waals surface area (Å²) >= 11 is 3.42. The average Bonchev–Trinajstić information content (AvgIpc) is 2.44. The Morgan fingerprint density at radius 3 is 2.73 bits per heavy atom. The van der Waals surface area contributed by atoms with Crippen molar-refractivity contribution in [3.63, 3.8) is 0 Å². The zero-order valence-electron chi connectivity index (χ0n) is 12.3. The molecule has 0 saturated heterocycles. The lowest BCUT2D eigenvalue weighted by atomic mass is 10.1. The van der Waals surface area contributed by atoms with Crippen LogP contribution < -0.4 is 9.47 Å². The standard InChI is InChI=1S/C17H15BrO4/c1-17(2)21-15-7-6-13(9-14(15)16(19)22-17)20-10-11-4-3-5-12(18)8-11/h3-9H,10H2,1-2H3. The van der Waals surface area contributed by atoms with Gasteiger partial charge in [0.25, 0.3) is 0 Å². The number of benzene rings is 2. The maximum atomic E-state index is 12.0. The number of halogens is 1. The van der Waals surface area contributed by atoms with Crippen LogP contribution in [0.2, 0.25) is 0 Å². The maximum Gasteiger partial charge on any atom is 0.345 e. The molecule has 0 radical (unpaired) electrons. The molecule has 0 unspecified atom stereocenters. The summed E-state index contributed by atoms with van der Waals surface area (Å²) in [6.45, 7) is 3.82. The number of fused-ring (bicyclic) bond motifs is 1. The minimum absolute atomic E-state index is 0.381. The number of carbonyl (C=O) groups excluding carboxylic acids is 1. The molecular weight excluding hydrogens is 348 g/mol. The Bertz CT molecular complexity index is 724. The number of hydrogen-bond donors (Lipinski definition) is 0. The lowest BCUT2D eigenvalue weighted by Crippen LogP contribution is -2.38. The van der Waals surface area contributed by atoms with E-state index in [1.54, 1.807) is 32.0 Å². The van der Waals surface area contributed by atoms with Gasteiger partial charge < -0.3 is 14.2 Å². The molecule has 0 saturated carbocycles. The summed E-state index contributed by atoms with van der Waals surface area (Å²) in [5, 5.41) is 0. The highest BCUT2D eigenvalue weighted by Crippen LogP contribution is 2.33. The van der Waals surface area contributed by atoms with Crippen molar-refractivity contribution in [2.24, 2.45) is 0 Å². The number of rotatable bonds is 3. The zero-order chi connectivity index (χ0) is 15.7. The highest BCUT2D eigenvalue weighted by atomic mass is 79.9. The molecule has 0 aromatic heterocycles. The summed E-state index contributed by atoms with van der Waals surface area (Å²) in [6.07, 6.45) is 0. The SMILES string of the molecule is CC1(C)OC(=O)c2cc(OCc3cccc(Br)c3)ccc2O1. The van der Waals surface area contributed by atoms with Gasteiger partial charge in [0.2, 0.25) is 5.79 Å². The van der Waals surface area contributed by atoms with Crippen LogP contribution in [0.1, 0.15) is 29.8 Å². The Morgan fingerprint density at radius 2 is 1.95 bits per heavy atom. The first-order chi connectivity index (χ1) is 10.4. The van der Waals surface area contributed by atoms with Crippen LogP contribution in [0.4, 0.5) is 0 Å². The van der Waals surface area contributed by atoms with E-state index in [1.165, 1.54) is 0 Å². The van der Waals surface area contributed by atoms with Crippen LogP contribution in [0.3, 0.4) is 0 Å². The Hall–Kier alpha value is -2.01. The van der Waals surface area contributed by atoms with Gasteiger partial charge in [-0.3, -0.25) is 0 Å². The normalized spacial score (nSPS) is 15.5. The summed E-state index contributed by atoms with van der Waals surface area (Å²) in [6, 6.07) is 13.0. The molecule has 2 aromatic rings. The van der Waals surface area contributed by atoms with Gasteiger partial charge in [0, 0.05) is 18.3 Å². The second-order valence-corrected chi connectivity index (χ2v) is 6.38. The van der Waals surface area contributed by atoms with E-state index in [0.29, 0.717) is 23.7 Å². The predicted molar refractivity (Wildman–Crippen MR) is 85.0 cm³/mol. The summed E-state index contributed by atoms with van der Waals surface area (Å²) < 4.78 is 17.6. The van der Waals surface area contributed by atoms with Crippen LogP contribution in [0, 0.1) is 0 Å². The molecule has 22 heavy (non-hydrogen) atoms. The molecule has 3 rings (SSSR count). The van der Waals surface area contributed by atoms with Crippen LogP contribution in [-0.2, 0) is 11.3 Å². The molecule has 0 atom stereocenters. The Morgan fingerprint density at radius 1 is 1.14 bits per heavy atom. The molecule has 0 spiro atoms. The molecule has 0 bridgehead atoms. The van der Waals surface area contributed by atoms with Gasteiger partial charge in [0.15, 0.2) is 0 Å². The van der Waals surface area contributed by atoms with E-state index < -0.39 is 11.8 Å². The third-order valence-corrected chi connectivity index (χ3v) is 3.65. The van der Waals surface area contributed by atoms with E-state index >= 15 is 0 Å². The van der Waals surface area contributed by atoms with Gasteiger partial charge in [0.1, 0.15) is 23.7 Å². The first-order valence-electron chi connectivity index (χ1n) is 6.87. The largest absolute Gasteiger partial charge is 0.489 e. The van der Waals surface area contributed by atoms with Gasteiger partial charge >= 0.3 is 5.97 Å². The fraction of sp³-hybridized carbons (Fsp3) is 0.235. The van der Waals surface area contributed by atoms with Crippen molar-refractivity contribution in [3.8, 4) is 11.5 Å². The molecule has 4 nitrogen and oxygen atoms in total. The van der Waals surface area contributed by atoms with Crippen LogP contribution in [0.5, 0.6) is 11.5 Å². The highest BCUT2D eigenvalue weighted by molar-refractivity contribution is 9.10. The smallest absolute Gasteiger partial charge is 0.345 e. The second kappa shape index (κ2) is 5.65. The van der Waals surface area contributed by atoms with Gasteiger partial charge in [0.05, 0.1) is 0 Å². The summed E-state index contributed by atoms with van der Waals surface area (Å²) in [5.74, 6) is -0.239. The number of hydrogen-bond acceptors (Lipinski definition) is 4. The quantitative estimate of drug-likeness (QED) is 0.763. The van der Waals surface area contributed by atoms with Crippen molar-refractivity contribution in [1.29, 1.82) is 0 Å². The van der Waals surface area contributed by atoms with Crippen molar-refractivity contribution >= 4 is 21.9 Å². The Balaban J connectivity index is 1.77. The molecule has 2 aromatic carbocycles. The van der Waals surface area contributed by atoms with Crippen molar-refractivity contribution < 1.29 is 19.0 Å². The van der Waals surface area contributed by atoms with E-state index in [1.807, 2.05) is 24.3 Å². The molecule has 0 amide bonds. The lowest BCUT2D eigenvalue weighted by molar-refractivity contribution is -0.127. The number of carbonyl (C=O) groups is 1. The van der Waals surface area contributed by atoms with Crippen LogP contribution in [0.15, 0.2) is 46.9 Å². The van der Waals surface area contributed by atoms with E-state index in [9.17, 15) is 4.79 Å². The fourth-order valence-corrected chi connectivity index (χ4v) is 2.65. The predicted octanol–water partition coefficient (Wildman–Crippen LogP) is 4.31.